The SMILES string of the molecule is Cc1sc(=O)n(CC(=O)Nc2cc(CN)cc(C(F)(F)F)c2)c1C.Cl. The van der Waals surface area contributed by atoms with Crippen LogP contribution in [0.4, 0.5) is 18.9 Å². The summed E-state index contributed by atoms with van der Waals surface area (Å²) in [5.74, 6) is -0.583. The number of rotatable bonds is 4. The second-order valence-electron chi connectivity index (χ2n) is 5.26. The smallest absolute Gasteiger partial charge is 0.326 e. The van der Waals surface area contributed by atoms with Crippen molar-refractivity contribution in [2.24, 2.45) is 5.73 Å². The molecule has 2 rings (SSSR count). The second kappa shape index (κ2) is 8.03. The monoisotopic (exact) mass is 395 g/mol. The van der Waals surface area contributed by atoms with Crippen molar-refractivity contribution >= 4 is 35.3 Å². The number of nitrogens with zero attached hydrogens (tertiary/aromatic N) is 1. The number of carbonyl (C=O) groups is 1. The number of thiazole rings is 1. The van der Waals surface area contributed by atoms with Crippen molar-refractivity contribution in [2.45, 2.75) is 33.1 Å². The molecule has 5 nitrogen and oxygen atoms in total. The number of hydrogen-bond donors (Lipinski definition) is 2. The van der Waals surface area contributed by atoms with E-state index in [1.54, 1.807) is 13.8 Å². The molecular formula is C15H17ClF3N3O2S. The number of alkyl halides is 3. The lowest BCUT2D eigenvalue weighted by Gasteiger charge is -2.13. The number of benzene rings is 1. The Labute approximate surface area is 152 Å². The average Bonchev–Trinajstić information content (AvgIpc) is 2.72. The number of halogens is 4. The minimum absolute atomic E-state index is 0. The van der Waals surface area contributed by atoms with E-state index in [9.17, 15) is 22.8 Å². The molecule has 25 heavy (non-hydrogen) atoms. The maximum atomic E-state index is 12.9. The summed E-state index contributed by atoms with van der Waals surface area (Å²) < 4.78 is 39.9. The van der Waals surface area contributed by atoms with E-state index < -0.39 is 17.6 Å². The zero-order valence-corrected chi connectivity index (χ0v) is 15.1. The highest BCUT2D eigenvalue weighted by atomic mass is 35.5. The van der Waals surface area contributed by atoms with Gasteiger partial charge in [0, 0.05) is 22.8 Å². The first-order valence-corrected chi connectivity index (χ1v) is 7.81. The number of nitrogens with one attached hydrogen (secondary N) is 1. The van der Waals surface area contributed by atoms with Gasteiger partial charge in [-0.25, -0.2) is 0 Å². The van der Waals surface area contributed by atoms with E-state index in [1.807, 2.05) is 0 Å². The normalized spacial score (nSPS) is 11.1. The molecule has 0 saturated heterocycles. The number of hydrogen-bond acceptors (Lipinski definition) is 4. The van der Waals surface area contributed by atoms with E-state index in [0.717, 1.165) is 28.3 Å². The topological polar surface area (TPSA) is 77.1 Å². The zero-order valence-electron chi connectivity index (χ0n) is 13.4. The van der Waals surface area contributed by atoms with Crippen molar-refractivity contribution in [1.29, 1.82) is 0 Å². The first-order valence-electron chi connectivity index (χ1n) is 6.99. The van der Waals surface area contributed by atoms with Crippen LogP contribution in [0, 0.1) is 13.8 Å². The Morgan fingerprint density at radius 2 is 1.92 bits per heavy atom. The summed E-state index contributed by atoms with van der Waals surface area (Å²) >= 11 is 1.02. The van der Waals surface area contributed by atoms with Gasteiger partial charge in [0.15, 0.2) is 0 Å². The van der Waals surface area contributed by atoms with Crippen LogP contribution in [0.15, 0.2) is 23.0 Å². The van der Waals surface area contributed by atoms with Crippen molar-refractivity contribution in [3.8, 4) is 0 Å². The molecule has 3 N–H and O–H groups in total. The van der Waals surface area contributed by atoms with Gasteiger partial charge in [0.1, 0.15) is 6.54 Å². The lowest BCUT2D eigenvalue weighted by Crippen LogP contribution is -2.25. The summed E-state index contributed by atoms with van der Waals surface area (Å²) in [5, 5.41) is 2.39. The van der Waals surface area contributed by atoms with Gasteiger partial charge < -0.3 is 11.1 Å². The fourth-order valence-electron chi connectivity index (χ4n) is 2.16. The Hall–Kier alpha value is -1.84. The highest BCUT2D eigenvalue weighted by Crippen LogP contribution is 2.32. The molecule has 0 bridgehead atoms. The average molecular weight is 396 g/mol. The van der Waals surface area contributed by atoms with Crippen LogP contribution in [-0.4, -0.2) is 10.5 Å². The Morgan fingerprint density at radius 1 is 1.28 bits per heavy atom. The van der Waals surface area contributed by atoms with Crippen LogP contribution in [0.3, 0.4) is 0 Å². The van der Waals surface area contributed by atoms with Crippen LogP contribution in [0.2, 0.25) is 0 Å². The van der Waals surface area contributed by atoms with Crippen LogP contribution >= 0.6 is 23.7 Å². The maximum Gasteiger partial charge on any atom is 0.416 e. The van der Waals surface area contributed by atoms with E-state index in [0.29, 0.717) is 5.69 Å². The third-order valence-corrected chi connectivity index (χ3v) is 4.51. The van der Waals surface area contributed by atoms with Gasteiger partial charge in [-0.05, 0) is 37.6 Å². The summed E-state index contributed by atoms with van der Waals surface area (Å²) in [5.41, 5.74) is 5.42. The molecule has 0 unspecified atom stereocenters. The Balaban J connectivity index is 0.00000312. The fraction of sp³-hybridized carbons (Fsp3) is 0.333. The first kappa shape index (κ1) is 21.2. The van der Waals surface area contributed by atoms with Gasteiger partial charge in [0.25, 0.3) is 0 Å². The molecule has 0 fully saturated rings. The molecule has 0 aliphatic heterocycles. The molecule has 1 aromatic heterocycles. The lowest BCUT2D eigenvalue weighted by molar-refractivity contribution is -0.137. The summed E-state index contributed by atoms with van der Waals surface area (Å²) in [6, 6.07) is 3.15. The predicted molar refractivity (Wildman–Crippen MR) is 93.3 cm³/mol. The van der Waals surface area contributed by atoms with Crippen LogP contribution in [0.5, 0.6) is 0 Å². The molecule has 2 aromatic rings. The van der Waals surface area contributed by atoms with Gasteiger partial charge >= 0.3 is 11.0 Å². The van der Waals surface area contributed by atoms with E-state index >= 15 is 0 Å². The first-order chi connectivity index (χ1) is 11.1. The van der Waals surface area contributed by atoms with E-state index in [-0.39, 0.29) is 41.6 Å². The van der Waals surface area contributed by atoms with Gasteiger partial charge in [-0.1, -0.05) is 11.3 Å². The molecule has 0 aliphatic carbocycles. The number of carbonyl (C=O) groups excluding carboxylic acids is 1. The van der Waals surface area contributed by atoms with Crippen LogP contribution in [-0.2, 0) is 24.1 Å². The predicted octanol–water partition coefficient (Wildman–Crippen LogP) is 3.06. The van der Waals surface area contributed by atoms with Crippen LogP contribution in [0.1, 0.15) is 21.7 Å². The van der Waals surface area contributed by atoms with Gasteiger partial charge in [-0.15, -0.1) is 12.4 Å². The summed E-state index contributed by atoms with van der Waals surface area (Å²) in [6.07, 6.45) is -4.54. The molecule has 1 amide bonds. The van der Waals surface area contributed by atoms with Crippen molar-refractivity contribution in [1.82, 2.24) is 4.57 Å². The van der Waals surface area contributed by atoms with Crippen molar-refractivity contribution in [2.75, 3.05) is 5.32 Å². The van der Waals surface area contributed by atoms with Gasteiger partial charge in [0.05, 0.1) is 5.56 Å². The summed E-state index contributed by atoms with van der Waals surface area (Å²) in [7, 11) is 0. The quantitative estimate of drug-likeness (QED) is 0.835. The van der Waals surface area contributed by atoms with Gasteiger partial charge in [-0.3, -0.25) is 14.2 Å². The molecule has 1 aromatic carbocycles. The number of anilines is 1. The third kappa shape index (κ3) is 5.07. The van der Waals surface area contributed by atoms with Gasteiger partial charge in [-0.2, -0.15) is 13.2 Å². The molecule has 1 heterocycles. The molecule has 0 saturated carbocycles. The molecule has 138 valence electrons. The van der Waals surface area contributed by atoms with Crippen molar-refractivity contribution < 1.29 is 18.0 Å². The Morgan fingerprint density at radius 3 is 2.40 bits per heavy atom. The fourth-order valence-corrected chi connectivity index (χ4v) is 2.99. The molecular weight excluding hydrogens is 379 g/mol. The third-order valence-electron chi connectivity index (χ3n) is 3.52. The van der Waals surface area contributed by atoms with Gasteiger partial charge in [0.2, 0.25) is 5.91 Å². The number of amides is 1. The molecule has 10 heteroatoms. The van der Waals surface area contributed by atoms with E-state index in [2.05, 4.69) is 5.32 Å². The maximum absolute atomic E-state index is 12.9. The van der Waals surface area contributed by atoms with E-state index in [4.69, 9.17) is 5.73 Å². The zero-order chi connectivity index (χ0) is 18.1. The number of aromatic nitrogens is 1. The minimum atomic E-state index is -4.54. The molecule has 0 radical (unpaired) electrons. The highest BCUT2D eigenvalue weighted by molar-refractivity contribution is 7.09. The molecule has 0 atom stereocenters. The van der Waals surface area contributed by atoms with Crippen LogP contribution < -0.4 is 15.9 Å². The second-order valence-corrected chi connectivity index (χ2v) is 6.43. The minimum Gasteiger partial charge on any atom is -0.326 e. The number of aryl methyl sites for hydroxylation is 1. The Bertz CT molecular complexity index is 830. The standard InChI is InChI=1S/C15H16F3N3O2S.ClH/c1-8-9(2)24-14(23)21(8)7-13(22)20-12-4-10(6-19)3-11(5-12)15(16,17)18;/h3-5H,6-7,19H2,1-2H3,(H,20,22);1H. The molecule has 0 spiro atoms. The highest BCUT2D eigenvalue weighted by Gasteiger charge is 2.31. The molecule has 0 aliphatic rings. The van der Waals surface area contributed by atoms with E-state index in [1.165, 1.54) is 10.6 Å². The lowest BCUT2D eigenvalue weighted by atomic mass is 10.1. The Kier molecular flexibility index (Phi) is 6.81. The van der Waals surface area contributed by atoms with Crippen molar-refractivity contribution in [3.05, 3.63) is 49.6 Å². The summed E-state index contributed by atoms with van der Waals surface area (Å²) in [4.78, 5) is 24.4. The van der Waals surface area contributed by atoms with Crippen LogP contribution in [0.25, 0.3) is 0 Å². The van der Waals surface area contributed by atoms with Crippen molar-refractivity contribution in [3.63, 3.8) is 0 Å². The number of nitrogens with two attached hydrogens (primary N) is 1. The summed E-state index contributed by atoms with van der Waals surface area (Å²) in [6.45, 7) is 3.12. The largest absolute Gasteiger partial charge is 0.416 e.